The zero-order valence-corrected chi connectivity index (χ0v) is 11.6. The molecule has 1 aliphatic carbocycles. The fourth-order valence-corrected chi connectivity index (χ4v) is 3.34. The Kier molecular flexibility index (Phi) is 3.11. The van der Waals surface area contributed by atoms with Crippen LogP contribution in [0.2, 0.25) is 0 Å². The smallest absolute Gasteiger partial charge is 0.169 e. The summed E-state index contributed by atoms with van der Waals surface area (Å²) in [6, 6.07) is 7.57. The van der Waals surface area contributed by atoms with Gasteiger partial charge in [0.25, 0.3) is 0 Å². The second kappa shape index (κ2) is 4.06. The number of allylic oxidation sites excluding steroid dienone is 3. The molecule has 0 spiro atoms. The number of halogens is 8. The maximum atomic E-state index is 13.0. The number of alkyl halides is 3. The summed E-state index contributed by atoms with van der Waals surface area (Å²) in [5.74, 6) is 0. The third-order valence-corrected chi connectivity index (χ3v) is 5.34. The summed E-state index contributed by atoms with van der Waals surface area (Å²) in [6.45, 7) is 0. The van der Waals surface area contributed by atoms with Crippen molar-refractivity contribution in [3.05, 3.63) is 54.1 Å². The number of benzene rings is 1. The van der Waals surface area contributed by atoms with E-state index in [9.17, 15) is 32.6 Å². The number of rotatable bonds is 2. The van der Waals surface area contributed by atoms with Crippen LogP contribution in [-0.2, 0) is 0 Å². The van der Waals surface area contributed by atoms with Crippen LogP contribution in [0, 0.1) is 0 Å². The van der Waals surface area contributed by atoms with E-state index < -0.39 is 33.6 Å². The summed E-state index contributed by atoms with van der Waals surface area (Å²) in [4.78, 5) is 0. The Bertz CT molecular complexity index is 638. The number of hydrogen-bond acceptors (Lipinski definition) is 0. The van der Waals surface area contributed by atoms with E-state index in [0.29, 0.717) is 17.7 Å². The molecule has 9 heteroatoms. The zero-order chi connectivity index (χ0) is 16.9. The highest BCUT2D eigenvalue weighted by Gasteiger charge is 2.86. The molecule has 0 fully saturated rings. The van der Waals surface area contributed by atoms with Crippen molar-refractivity contribution in [2.45, 2.75) is 17.3 Å². The van der Waals surface area contributed by atoms with Crippen LogP contribution in [0.15, 0.2) is 48.6 Å². The molecule has 0 radical (unpaired) electrons. The van der Waals surface area contributed by atoms with Gasteiger partial charge in [0, 0.05) is 6.42 Å². The third-order valence-electron chi connectivity index (χ3n) is 3.43. The molecular weight excluding hydrogens is 340 g/mol. The second-order valence-electron chi connectivity index (χ2n) is 4.92. The van der Waals surface area contributed by atoms with E-state index in [-0.39, 0.29) is 5.57 Å². The molecule has 1 unspecified atom stereocenters. The first-order valence-electron chi connectivity index (χ1n) is 5.91. The van der Waals surface area contributed by atoms with Gasteiger partial charge in [-0.2, -0.15) is 13.2 Å². The van der Waals surface area contributed by atoms with E-state index in [0.717, 1.165) is 0 Å². The molecule has 1 aromatic carbocycles. The summed E-state index contributed by atoms with van der Waals surface area (Å²) in [6.07, 6.45) is -7.50. The topological polar surface area (TPSA) is 0 Å². The molecule has 1 aromatic rings. The maximum Gasteiger partial charge on any atom is 0.415 e. The summed E-state index contributed by atoms with van der Waals surface area (Å²) >= 11 is 0. The van der Waals surface area contributed by atoms with Crippen molar-refractivity contribution in [3.8, 4) is 0 Å². The molecule has 0 aliphatic heterocycles. The van der Waals surface area contributed by atoms with Crippen molar-refractivity contribution in [2.75, 3.05) is 0 Å². The Balaban J connectivity index is 2.54. The van der Waals surface area contributed by atoms with Gasteiger partial charge in [-0.15, -0.1) is 0 Å². The molecule has 0 bridgehead atoms. The Labute approximate surface area is 120 Å². The van der Waals surface area contributed by atoms with E-state index in [2.05, 4.69) is 0 Å². The van der Waals surface area contributed by atoms with Gasteiger partial charge in [0.05, 0.1) is 0 Å². The minimum Gasteiger partial charge on any atom is -0.169 e. The van der Waals surface area contributed by atoms with Crippen LogP contribution in [0.5, 0.6) is 0 Å². The van der Waals surface area contributed by atoms with E-state index in [1.54, 1.807) is 6.07 Å². The first kappa shape index (κ1) is 16.9. The molecule has 2 rings (SSSR count). The van der Waals surface area contributed by atoms with Gasteiger partial charge in [-0.1, -0.05) is 61.9 Å². The van der Waals surface area contributed by atoms with Gasteiger partial charge in [-0.3, -0.25) is 0 Å². The highest BCUT2D eigenvalue weighted by Crippen LogP contribution is 3.06. The van der Waals surface area contributed by atoms with Gasteiger partial charge in [0.15, 0.2) is 0 Å². The standard InChI is InChI=1S/C13H10F8S/c14-13(15,16)12(22(17,18,19,20)21)8-6-11(7-9-12)10-4-2-1-3-5-10/h1-8H,9H2. The lowest BCUT2D eigenvalue weighted by molar-refractivity contribution is -0.156. The van der Waals surface area contributed by atoms with Gasteiger partial charge in [0.1, 0.15) is 0 Å². The molecule has 0 N–H and O–H groups in total. The lowest BCUT2D eigenvalue weighted by Crippen LogP contribution is -2.52. The van der Waals surface area contributed by atoms with Crippen LogP contribution in [0.25, 0.3) is 5.57 Å². The number of hydrogen-bond donors (Lipinski definition) is 0. The van der Waals surface area contributed by atoms with Crippen LogP contribution in [0.1, 0.15) is 12.0 Å². The van der Waals surface area contributed by atoms with Crippen LogP contribution in [0.3, 0.4) is 0 Å². The van der Waals surface area contributed by atoms with Crippen LogP contribution < -0.4 is 0 Å². The van der Waals surface area contributed by atoms with E-state index in [1.807, 2.05) is 0 Å². The molecule has 1 atom stereocenters. The molecule has 1 aliphatic rings. The summed E-state index contributed by atoms with van der Waals surface area (Å²) in [5.41, 5.74) is 0.374. The Morgan fingerprint density at radius 3 is 1.82 bits per heavy atom. The average Bonchev–Trinajstić information content (AvgIpc) is 2.35. The van der Waals surface area contributed by atoms with Crippen molar-refractivity contribution in [1.82, 2.24) is 0 Å². The van der Waals surface area contributed by atoms with Crippen molar-refractivity contribution in [3.63, 3.8) is 0 Å². The predicted molar refractivity (Wildman–Crippen MR) is 70.1 cm³/mol. The Morgan fingerprint density at radius 2 is 1.45 bits per heavy atom. The van der Waals surface area contributed by atoms with Gasteiger partial charge in [0.2, 0.25) is 4.75 Å². The van der Waals surface area contributed by atoms with Gasteiger partial charge < -0.3 is 0 Å². The van der Waals surface area contributed by atoms with Gasteiger partial charge >= 0.3 is 16.4 Å². The summed E-state index contributed by atoms with van der Waals surface area (Å²) in [5, 5.41) is 0. The summed E-state index contributed by atoms with van der Waals surface area (Å²) < 4.78 is 98.4. The minimum atomic E-state index is -10.9. The van der Waals surface area contributed by atoms with E-state index in [4.69, 9.17) is 0 Å². The van der Waals surface area contributed by atoms with Crippen LogP contribution in [-0.4, -0.2) is 10.9 Å². The monoisotopic (exact) mass is 350 g/mol. The first-order valence-corrected chi connectivity index (χ1v) is 7.87. The normalized spacial score (nSPS) is 26.1. The Morgan fingerprint density at radius 1 is 0.909 bits per heavy atom. The van der Waals surface area contributed by atoms with Crippen molar-refractivity contribution >= 4 is 15.8 Å². The zero-order valence-electron chi connectivity index (χ0n) is 10.8. The van der Waals surface area contributed by atoms with Crippen molar-refractivity contribution in [1.29, 1.82) is 0 Å². The Hall–Kier alpha value is -1.51. The molecule has 22 heavy (non-hydrogen) atoms. The largest absolute Gasteiger partial charge is 0.415 e. The molecule has 124 valence electrons. The van der Waals surface area contributed by atoms with E-state index >= 15 is 0 Å². The molecule has 0 saturated carbocycles. The van der Waals surface area contributed by atoms with Crippen molar-refractivity contribution < 1.29 is 32.6 Å². The van der Waals surface area contributed by atoms with Crippen LogP contribution in [0.4, 0.5) is 32.6 Å². The summed E-state index contributed by atoms with van der Waals surface area (Å²) in [7, 11) is -10.9. The van der Waals surface area contributed by atoms with Gasteiger partial charge in [-0.05, 0) is 17.2 Å². The quantitative estimate of drug-likeness (QED) is 0.525. The molecule has 0 saturated heterocycles. The maximum absolute atomic E-state index is 13.0. The average molecular weight is 350 g/mol. The SMILES string of the molecule is FC(F)(F)C1(S(F)(F)(F)(F)F)C=CC(c2ccccc2)=CC1. The first-order chi connectivity index (χ1) is 9.67. The lowest BCUT2D eigenvalue weighted by Gasteiger charge is -2.55. The predicted octanol–water partition coefficient (Wildman–Crippen LogP) is 6.63. The molecular formula is C13H10F8S. The van der Waals surface area contributed by atoms with Crippen LogP contribution >= 0.6 is 10.2 Å². The highest BCUT2D eigenvalue weighted by atomic mass is 32.5. The molecule has 0 aromatic heterocycles. The second-order valence-corrected chi connectivity index (χ2v) is 7.59. The third kappa shape index (κ3) is 2.62. The van der Waals surface area contributed by atoms with E-state index in [1.165, 1.54) is 24.3 Å². The molecule has 0 heterocycles. The lowest BCUT2D eigenvalue weighted by atomic mass is 9.92. The van der Waals surface area contributed by atoms with Gasteiger partial charge in [-0.25, -0.2) is 0 Å². The van der Waals surface area contributed by atoms with Crippen molar-refractivity contribution in [2.24, 2.45) is 0 Å². The minimum absolute atomic E-state index is 0.0299. The molecule has 0 amide bonds. The highest BCUT2D eigenvalue weighted by molar-refractivity contribution is 8.47. The fraction of sp³-hybridized carbons (Fsp3) is 0.231. The molecule has 0 nitrogen and oxygen atoms in total. The fourth-order valence-electron chi connectivity index (χ4n) is 2.18.